The molecule has 2 aromatic rings. The first kappa shape index (κ1) is 14.2. The maximum Gasteiger partial charge on any atom is 0.268 e. The van der Waals surface area contributed by atoms with Gasteiger partial charge in [0.1, 0.15) is 11.9 Å². The number of carbonyl (C=O) groups excluding carboxylic acids is 1. The van der Waals surface area contributed by atoms with E-state index in [0.29, 0.717) is 12.1 Å². The molecule has 1 heterocycles. The second kappa shape index (κ2) is 5.41. The van der Waals surface area contributed by atoms with Gasteiger partial charge in [-0.3, -0.25) is 14.2 Å². The van der Waals surface area contributed by atoms with Crippen molar-refractivity contribution >= 4 is 5.78 Å². The van der Waals surface area contributed by atoms with Gasteiger partial charge in [0.25, 0.3) is 5.56 Å². The molecule has 0 aliphatic heterocycles. The lowest BCUT2D eigenvalue weighted by molar-refractivity contribution is 0.0937. The lowest BCUT2D eigenvalue weighted by Gasteiger charge is -2.16. The second-order valence-corrected chi connectivity index (χ2v) is 5.98. The number of hydrogen-bond donors (Lipinski definition) is 0. The van der Waals surface area contributed by atoms with Crippen molar-refractivity contribution in [2.75, 3.05) is 0 Å². The molecule has 104 valence electrons. The molecule has 0 saturated heterocycles. The predicted octanol–water partition coefficient (Wildman–Crippen LogP) is 2.85. The predicted molar refractivity (Wildman–Crippen MR) is 78.2 cm³/mol. The Morgan fingerprint density at radius 3 is 2.45 bits per heavy atom. The van der Waals surface area contributed by atoms with Crippen LogP contribution in [0, 0.1) is 5.41 Å². The Kier molecular flexibility index (Phi) is 3.84. The minimum atomic E-state index is -0.319. The summed E-state index contributed by atoms with van der Waals surface area (Å²) in [5.74, 6) is -0.166. The van der Waals surface area contributed by atoms with Crippen LogP contribution >= 0.6 is 0 Å². The first-order valence-corrected chi connectivity index (χ1v) is 6.54. The standard InChI is InChI=1S/C16H18N2O2/c1-16(2,3)9-14(19)13-10-17-11-18(15(13)20)12-7-5-4-6-8-12/h4-8,10-11H,9H2,1-3H3. The summed E-state index contributed by atoms with van der Waals surface area (Å²) in [6.45, 7) is 5.91. The van der Waals surface area contributed by atoms with Gasteiger partial charge in [-0.1, -0.05) is 39.0 Å². The zero-order valence-corrected chi connectivity index (χ0v) is 12.0. The molecule has 0 fully saturated rings. The van der Waals surface area contributed by atoms with Crippen molar-refractivity contribution in [2.24, 2.45) is 5.41 Å². The third kappa shape index (κ3) is 3.20. The maximum absolute atomic E-state index is 12.4. The SMILES string of the molecule is CC(C)(C)CC(=O)c1cncn(-c2ccccc2)c1=O. The van der Waals surface area contributed by atoms with Crippen molar-refractivity contribution in [1.82, 2.24) is 9.55 Å². The average molecular weight is 270 g/mol. The van der Waals surface area contributed by atoms with Gasteiger partial charge >= 0.3 is 0 Å². The van der Waals surface area contributed by atoms with Gasteiger partial charge in [0.15, 0.2) is 5.78 Å². The Balaban J connectivity index is 2.44. The molecule has 0 radical (unpaired) electrons. The van der Waals surface area contributed by atoms with E-state index in [1.807, 2.05) is 39.0 Å². The average Bonchev–Trinajstić information content (AvgIpc) is 2.38. The molecular weight excluding hydrogens is 252 g/mol. The highest BCUT2D eigenvalue weighted by Crippen LogP contribution is 2.20. The van der Waals surface area contributed by atoms with E-state index in [1.165, 1.54) is 17.1 Å². The molecule has 1 aromatic carbocycles. The van der Waals surface area contributed by atoms with E-state index < -0.39 is 0 Å². The van der Waals surface area contributed by atoms with Crippen molar-refractivity contribution in [3.63, 3.8) is 0 Å². The fourth-order valence-electron chi connectivity index (χ4n) is 1.95. The van der Waals surface area contributed by atoms with E-state index in [1.54, 1.807) is 12.1 Å². The van der Waals surface area contributed by atoms with Crippen LogP contribution in [0.5, 0.6) is 0 Å². The van der Waals surface area contributed by atoms with Crippen molar-refractivity contribution in [2.45, 2.75) is 27.2 Å². The minimum Gasteiger partial charge on any atom is -0.294 e. The summed E-state index contributed by atoms with van der Waals surface area (Å²) in [5, 5.41) is 0. The highest BCUT2D eigenvalue weighted by molar-refractivity contribution is 5.95. The van der Waals surface area contributed by atoms with Crippen LogP contribution in [0.25, 0.3) is 5.69 Å². The molecule has 0 amide bonds. The molecule has 0 N–H and O–H groups in total. The zero-order chi connectivity index (χ0) is 14.8. The first-order chi connectivity index (χ1) is 9.38. The monoisotopic (exact) mass is 270 g/mol. The van der Waals surface area contributed by atoms with Gasteiger partial charge < -0.3 is 0 Å². The third-order valence-corrected chi connectivity index (χ3v) is 2.86. The number of rotatable bonds is 3. The van der Waals surface area contributed by atoms with Gasteiger partial charge in [-0.25, -0.2) is 4.98 Å². The zero-order valence-electron chi connectivity index (χ0n) is 12.0. The number of carbonyl (C=O) groups is 1. The number of Topliss-reactive ketones (excluding diaryl/α,β-unsaturated/α-hetero) is 1. The van der Waals surface area contributed by atoms with Crippen LogP contribution in [0.3, 0.4) is 0 Å². The minimum absolute atomic E-state index is 0.145. The Labute approximate surface area is 118 Å². The molecule has 0 spiro atoms. The number of benzene rings is 1. The quantitative estimate of drug-likeness (QED) is 0.806. The second-order valence-electron chi connectivity index (χ2n) is 5.98. The smallest absolute Gasteiger partial charge is 0.268 e. The third-order valence-electron chi connectivity index (χ3n) is 2.86. The van der Waals surface area contributed by atoms with E-state index in [2.05, 4.69) is 4.98 Å². The van der Waals surface area contributed by atoms with E-state index in [0.717, 1.165) is 0 Å². The molecule has 0 bridgehead atoms. The Morgan fingerprint density at radius 2 is 1.85 bits per heavy atom. The summed E-state index contributed by atoms with van der Waals surface area (Å²) >= 11 is 0. The number of aromatic nitrogens is 2. The summed E-state index contributed by atoms with van der Waals surface area (Å²) in [6, 6.07) is 9.16. The number of hydrogen-bond acceptors (Lipinski definition) is 3. The van der Waals surface area contributed by atoms with Crippen molar-refractivity contribution in [3.05, 3.63) is 58.8 Å². The van der Waals surface area contributed by atoms with E-state index in [9.17, 15) is 9.59 Å². The molecule has 20 heavy (non-hydrogen) atoms. The summed E-state index contributed by atoms with van der Waals surface area (Å²) in [5.41, 5.74) is 0.374. The molecule has 1 aromatic heterocycles. The van der Waals surface area contributed by atoms with Gasteiger partial charge in [0, 0.05) is 12.6 Å². The van der Waals surface area contributed by atoms with Gasteiger partial charge in [0.2, 0.25) is 0 Å². The summed E-state index contributed by atoms with van der Waals surface area (Å²) in [6.07, 6.45) is 3.12. The molecule has 0 aliphatic carbocycles. The number of para-hydroxylation sites is 1. The van der Waals surface area contributed by atoms with Crippen LogP contribution in [0.2, 0.25) is 0 Å². The molecule has 2 rings (SSSR count). The highest BCUT2D eigenvalue weighted by Gasteiger charge is 2.20. The van der Waals surface area contributed by atoms with Gasteiger partial charge in [-0.2, -0.15) is 0 Å². The van der Waals surface area contributed by atoms with Crippen LogP contribution in [0.1, 0.15) is 37.6 Å². The number of nitrogens with zero attached hydrogens (tertiary/aromatic N) is 2. The van der Waals surface area contributed by atoms with E-state index in [4.69, 9.17) is 0 Å². The number of ketones is 1. The van der Waals surface area contributed by atoms with Gasteiger partial charge in [0.05, 0.1) is 5.69 Å². The molecule has 0 aliphatic rings. The Bertz CT molecular complexity index is 667. The molecule has 0 atom stereocenters. The lowest BCUT2D eigenvalue weighted by atomic mass is 9.88. The van der Waals surface area contributed by atoms with Crippen molar-refractivity contribution < 1.29 is 4.79 Å². The lowest BCUT2D eigenvalue weighted by Crippen LogP contribution is -2.27. The maximum atomic E-state index is 12.4. The van der Waals surface area contributed by atoms with Crippen LogP contribution in [0.15, 0.2) is 47.7 Å². The van der Waals surface area contributed by atoms with Crippen LogP contribution in [-0.4, -0.2) is 15.3 Å². The van der Waals surface area contributed by atoms with Crippen molar-refractivity contribution in [1.29, 1.82) is 0 Å². The molecule has 4 nitrogen and oxygen atoms in total. The summed E-state index contributed by atoms with van der Waals surface area (Å²) < 4.78 is 1.40. The topological polar surface area (TPSA) is 52.0 Å². The Morgan fingerprint density at radius 1 is 1.20 bits per heavy atom. The normalized spacial score (nSPS) is 11.3. The van der Waals surface area contributed by atoms with Gasteiger partial charge in [-0.15, -0.1) is 0 Å². The molecule has 0 unspecified atom stereocenters. The molecular formula is C16H18N2O2. The fourth-order valence-corrected chi connectivity index (χ4v) is 1.95. The van der Waals surface area contributed by atoms with Crippen LogP contribution < -0.4 is 5.56 Å². The largest absolute Gasteiger partial charge is 0.294 e. The van der Waals surface area contributed by atoms with Crippen molar-refractivity contribution in [3.8, 4) is 5.69 Å². The van der Waals surface area contributed by atoms with E-state index >= 15 is 0 Å². The summed E-state index contributed by atoms with van der Waals surface area (Å²) in [7, 11) is 0. The van der Waals surface area contributed by atoms with Crippen LogP contribution in [0.4, 0.5) is 0 Å². The van der Waals surface area contributed by atoms with Crippen LogP contribution in [-0.2, 0) is 0 Å². The molecule has 4 heteroatoms. The highest BCUT2D eigenvalue weighted by atomic mass is 16.1. The fraction of sp³-hybridized carbons (Fsp3) is 0.312. The summed E-state index contributed by atoms with van der Waals surface area (Å²) in [4.78, 5) is 28.6. The first-order valence-electron chi connectivity index (χ1n) is 6.54. The van der Waals surface area contributed by atoms with E-state index in [-0.39, 0.29) is 22.3 Å². The molecule has 0 saturated carbocycles. The Hall–Kier alpha value is -2.23. The van der Waals surface area contributed by atoms with Gasteiger partial charge in [-0.05, 0) is 17.5 Å².